The smallest absolute Gasteiger partial charge is 0.326 e. The standard InChI is InChI=1S/C44H52N2O5/c1-30(2)18-19-38(43(49)51-39-25-24-34-16-11-17-37(34)27-39)29-46(28-31(3)4)44(50)45-41(42(47)48)40(26-32-12-7-5-8-13-32)36-22-20-35(21-23-36)33-14-9-6-10-15-33/h5-10,12-15,20-25,27,30-31,38,40-41H,11,16-19,26,28-29H2,1-4H3,(H,45,50)(H,47,48)/t38-,40?,41-/m0/s1. The van der Waals surface area contributed by atoms with Crippen molar-refractivity contribution in [3.8, 4) is 16.9 Å². The van der Waals surface area contributed by atoms with Gasteiger partial charge in [0.2, 0.25) is 0 Å². The molecule has 1 aliphatic rings. The summed E-state index contributed by atoms with van der Waals surface area (Å²) >= 11 is 0. The number of rotatable bonds is 16. The lowest BCUT2D eigenvalue weighted by Crippen LogP contribution is -2.53. The lowest BCUT2D eigenvalue weighted by atomic mass is 9.85. The van der Waals surface area contributed by atoms with Crippen LogP contribution in [0.1, 0.15) is 75.1 Å². The fourth-order valence-corrected chi connectivity index (χ4v) is 6.98. The minimum absolute atomic E-state index is 0.0863. The van der Waals surface area contributed by atoms with Gasteiger partial charge in [0, 0.05) is 19.0 Å². The second-order valence-corrected chi connectivity index (χ2v) is 14.7. The van der Waals surface area contributed by atoms with E-state index < -0.39 is 29.9 Å². The number of esters is 1. The number of fused-ring (bicyclic) bond motifs is 1. The van der Waals surface area contributed by atoms with E-state index in [1.807, 2.05) is 117 Å². The van der Waals surface area contributed by atoms with Gasteiger partial charge in [0.1, 0.15) is 11.8 Å². The van der Waals surface area contributed by atoms with Crippen molar-refractivity contribution in [1.82, 2.24) is 10.2 Å². The molecule has 4 aromatic carbocycles. The van der Waals surface area contributed by atoms with Crippen LogP contribution in [0.2, 0.25) is 0 Å². The number of amides is 2. The van der Waals surface area contributed by atoms with Gasteiger partial charge in [-0.2, -0.15) is 0 Å². The number of urea groups is 1. The largest absolute Gasteiger partial charge is 0.480 e. The quantitative estimate of drug-likeness (QED) is 0.0906. The van der Waals surface area contributed by atoms with Crippen molar-refractivity contribution in [2.45, 2.75) is 78.2 Å². The Hall–Kier alpha value is -4.91. The maximum absolute atomic E-state index is 14.2. The van der Waals surface area contributed by atoms with Gasteiger partial charge in [-0.3, -0.25) is 4.79 Å². The van der Waals surface area contributed by atoms with E-state index >= 15 is 0 Å². The molecule has 0 aromatic heterocycles. The predicted octanol–water partition coefficient (Wildman–Crippen LogP) is 8.95. The maximum Gasteiger partial charge on any atom is 0.326 e. The summed E-state index contributed by atoms with van der Waals surface area (Å²) in [4.78, 5) is 42.6. The number of ether oxygens (including phenoxy) is 1. The summed E-state index contributed by atoms with van der Waals surface area (Å²) < 4.78 is 5.95. The summed E-state index contributed by atoms with van der Waals surface area (Å²) in [6.45, 7) is 8.72. The first-order valence-electron chi connectivity index (χ1n) is 18.4. The van der Waals surface area contributed by atoms with E-state index in [-0.39, 0.29) is 18.4 Å². The topological polar surface area (TPSA) is 95.9 Å². The number of carboxylic acids is 1. The molecule has 1 aliphatic carbocycles. The molecule has 0 saturated heterocycles. The highest BCUT2D eigenvalue weighted by molar-refractivity contribution is 5.84. The highest BCUT2D eigenvalue weighted by Crippen LogP contribution is 2.30. The molecule has 5 rings (SSSR count). The molecule has 4 aromatic rings. The first-order valence-corrected chi connectivity index (χ1v) is 18.4. The van der Waals surface area contributed by atoms with Crippen LogP contribution in [0, 0.1) is 17.8 Å². The minimum atomic E-state index is -1.22. The van der Waals surface area contributed by atoms with Gasteiger partial charge in [-0.1, -0.05) is 125 Å². The van der Waals surface area contributed by atoms with Gasteiger partial charge in [0.15, 0.2) is 0 Å². The van der Waals surface area contributed by atoms with Crippen LogP contribution in [0.4, 0.5) is 4.79 Å². The highest BCUT2D eigenvalue weighted by Gasteiger charge is 2.34. The van der Waals surface area contributed by atoms with Crippen molar-refractivity contribution in [2.75, 3.05) is 13.1 Å². The molecule has 0 spiro atoms. The maximum atomic E-state index is 14.2. The van der Waals surface area contributed by atoms with Crippen LogP contribution in [0.25, 0.3) is 11.1 Å². The molecule has 0 radical (unpaired) electrons. The van der Waals surface area contributed by atoms with Crippen molar-refractivity contribution in [2.24, 2.45) is 17.8 Å². The summed E-state index contributed by atoms with van der Waals surface area (Å²) in [5.74, 6) is -1.64. The lowest BCUT2D eigenvalue weighted by molar-refractivity contribution is -0.141. The molecule has 0 fully saturated rings. The number of hydrogen-bond donors (Lipinski definition) is 2. The van der Waals surface area contributed by atoms with Gasteiger partial charge in [0.05, 0.1) is 5.92 Å². The average Bonchev–Trinajstić information content (AvgIpc) is 3.59. The molecule has 0 aliphatic heterocycles. The predicted molar refractivity (Wildman–Crippen MR) is 203 cm³/mol. The molecule has 7 nitrogen and oxygen atoms in total. The van der Waals surface area contributed by atoms with Crippen molar-refractivity contribution >= 4 is 18.0 Å². The molecule has 3 atom stereocenters. The number of aliphatic carboxylic acids is 1. The zero-order valence-corrected chi connectivity index (χ0v) is 30.4. The number of carboxylic acid groups (broad SMARTS) is 1. The molecule has 0 bridgehead atoms. The molecular formula is C44H52N2O5. The van der Waals surface area contributed by atoms with Crippen molar-refractivity contribution in [3.05, 3.63) is 125 Å². The van der Waals surface area contributed by atoms with E-state index in [2.05, 4.69) is 19.2 Å². The van der Waals surface area contributed by atoms with E-state index in [1.54, 1.807) is 4.90 Å². The Bertz CT molecular complexity index is 1740. The average molecular weight is 689 g/mol. The van der Waals surface area contributed by atoms with E-state index in [1.165, 1.54) is 11.1 Å². The lowest BCUT2D eigenvalue weighted by Gasteiger charge is -2.32. The van der Waals surface area contributed by atoms with Crippen LogP contribution in [-0.2, 0) is 28.9 Å². The Morgan fingerprint density at radius 2 is 1.39 bits per heavy atom. The summed E-state index contributed by atoms with van der Waals surface area (Å²) in [7, 11) is 0. The molecule has 268 valence electrons. The molecule has 2 amide bonds. The molecule has 2 N–H and O–H groups in total. The van der Waals surface area contributed by atoms with Gasteiger partial charge < -0.3 is 20.1 Å². The van der Waals surface area contributed by atoms with Crippen LogP contribution in [-0.4, -0.2) is 47.1 Å². The second-order valence-electron chi connectivity index (χ2n) is 14.7. The third-order valence-electron chi connectivity index (χ3n) is 9.72. The van der Waals surface area contributed by atoms with Crippen molar-refractivity contribution in [3.63, 3.8) is 0 Å². The Labute approximate surface area is 303 Å². The molecule has 7 heteroatoms. The van der Waals surface area contributed by atoms with Gasteiger partial charge in [0.25, 0.3) is 0 Å². The summed E-state index contributed by atoms with van der Waals surface area (Å²) in [6.07, 6.45) is 4.88. The fraction of sp³-hybridized carbons (Fsp3) is 0.386. The normalized spacial score (nSPS) is 14.1. The third kappa shape index (κ3) is 10.5. The van der Waals surface area contributed by atoms with E-state index in [0.717, 1.165) is 47.9 Å². The van der Waals surface area contributed by atoms with Gasteiger partial charge in [-0.05, 0) is 89.5 Å². The SMILES string of the molecule is CC(C)CC[C@@H](CN(CC(C)C)C(=O)N[C@H](C(=O)O)C(Cc1ccccc1)c1ccc(-c2ccccc2)cc1)C(=O)Oc1ccc2c(c1)CCC2. The first kappa shape index (κ1) is 37.3. The monoisotopic (exact) mass is 688 g/mol. The molecule has 0 saturated carbocycles. The summed E-state index contributed by atoms with van der Waals surface area (Å²) in [5.41, 5.74) is 6.40. The van der Waals surface area contributed by atoms with Crippen LogP contribution >= 0.6 is 0 Å². The summed E-state index contributed by atoms with van der Waals surface area (Å²) in [5, 5.41) is 13.6. The number of nitrogens with zero attached hydrogens (tertiary/aromatic N) is 1. The van der Waals surface area contributed by atoms with Crippen LogP contribution in [0.3, 0.4) is 0 Å². The zero-order valence-electron chi connectivity index (χ0n) is 30.4. The van der Waals surface area contributed by atoms with Crippen LogP contribution in [0.15, 0.2) is 103 Å². The van der Waals surface area contributed by atoms with E-state index in [0.29, 0.717) is 31.1 Å². The number of carbonyl (C=O) groups excluding carboxylic acids is 2. The fourth-order valence-electron chi connectivity index (χ4n) is 6.98. The first-order chi connectivity index (χ1) is 24.6. The summed E-state index contributed by atoms with van der Waals surface area (Å²) in [6, 6.07) is 31.8. The molecule has 1 unspecified atom stereocenters. The van der Waals surface area contributed by atoms with Crippen molar-refractivity contribution in [1.29, 1.82) is 0 Å². The minimum Gasteiger partial charge on any atom is -0.480 e. The number of nitrogens with one attached hydrogen (secondary N) is 1. The highest BCUT2D eigenvalue weighted by atomic mass is 16.5. The Morgan fingerprint density at radius 3 is 2.04 bits per heavy atom. The number of benzene rings is 4. The Balaban J connectivity index is 1.39. The number of aryl methyl sites for hydroxylation is 2. The molecular weight excluding hydrogens is 636 g/mol. The number of carbonyl (C=O) groups is 3. The van der Waals surface area contributed by atoms with Crippen LogP contribution < -0.4 is 10.1 Å². The Kier molecular flexibility index (Phi) is 13.1. The van der Waals surface area contributed by atoms with E-state index in [4.69, 9.17) is 4.74 Å². The van der Waals surface area contributed by atoms with Crippen LogP contribution in [0.5, 0.6) is 5.75 Å². The second kappa shape index (κ2) is 17.8. The van der Waals surface area contributed by atoms with Gasteiger partial charge >= 0.3 is 18.0 Å². The zero-order chi connectivity index (χ0) is 36.3. The van der Waals surface area contributed by atoms with Gasteiger partial charge in [-0.15, -0.1) is 0 Å². The Morgan fingerprint density at radius 1 is 0.745 bits per heavy atom. The van der Waals surface area contributed by atoms with Crippen molar-refractivity contribution < 1.29 is 24.2 Å². The van der Waals surface area contributed by atoms with E-state index in [9.17, 15) is 19.5 Å². The van der Waals surface area contributed by atoms with Gasteiger partial charge in [-0.25, -0.2) is 9.59 Å². The number of hydrogen-bond acceptors (Lipinski definition) is 4. The molecule has 0 heterocycles. The molecule has 51 heavy (non-hydrogen) atoms. The third-order valence-corrected chi connectivity index (χ3v) is 9.72.